The second-order valence-corrected chi connectivity index (χ2v) is 6.80. The third-order valence-electron chi connectivity index (χ3n) is 5.20. The van der Waals surface area contributed by atoms with Gasteiger partial charge in [0.1, 0.15) is 11.5 Å². The predicted molar refractivity (Wildman–Crippen MR) is 94.0 cm³/mol. The summed E-state index contributed by atoms with van der Waals surface area (Å²) in [5.74, 6) is 1.58. The first-order valence-electron chi connectivity index (χ1n) is 8.93. The minimum absolute atomic E-state index is 0.0269. The van der Waals surface area contributed by atoms with E-state index in [1.54, 1.807) is 32.4 Å². The highest BCUT2D eigenvalue weighted by Crippen LogP contribution is 2.27. The average molecular weight is 346 g/mol. The number of carbonyl (C=O) groups is 2. The fourth-order valence-electron chi connectivity index (χ4n) is 3.33. The van der Waals surface area contributed by atoms with E-state index in [0.717, 1.165) is 32.1 Å². The zero-order valence-corrected chi connectivity index (χ0v) is 14.9. The smallest absolute Gasteiger partial charge is 0.254 e. The van der Waals surface area contributed by atoms with Gasteiger partial charge < -0.3 is 19.7 Å². The van der Waals surface area contributed by atoms with E-state index in [9.17, 15) is 9.59 Å². The third-order valence-corrected chi connectivity index (χ3v) is 5.20. The van der Waals surface area contributed by atoms with Gasteiger partial charge >= 0.3 is 0 Å². The Morgan fingerprint density at radius 3 is 2.08 bits per heavy atom. The monoisotopic (exact) mass is 346 g/mol. The summed E-state index contributed by atoms with van der Waals surface area (Å²) in [6.07, 6.45) is 4.79. The van der Waals surface area contributed by atoms with Gasteiger partial charge in [0.2, 0.25) is 5.91 Å². The SMILES string of the molecule is COc1cc(OC)cc(C(=O)N2CCC(NC(=O)C3CCC3)CC2)c1. The number of hydrogen-bond acceptors (Lipinski definition) is 4. The van der Waals surface area contributed by atoms with E-state index in [1.807, 2.05) is 4.90 Å². The maximum Gasteiger partial charge on any atom is 0.254 e. The van der Waals surface area contributed by atoms with Gasteiger partial charge in [0.25, 0.3) is 5.91 Å². The lowest BCUT2D eigenvalue weighted by Crippen LogP contribution is -2.48. The van der Waals surface area contributed by atoms with E-state index in [2.05, 4.69) is 5.32 Å². The van der Waals surface area contributed by atoms with Crippen molar-refractivity contribution < 1.29 is 19.1 Å². The summed E-state index contributed by atoms with van der Waals surface area (Å²) in [7, 11) is 3.14. The topological polar surface area (TPSA) is 67.9 Å². The molecule has 0 unspecified atom stereocenters. The van der Waals surface area contributed by atoms with E-state index in [1.165, 1.54) is 0 Å². The number of hydrogen-bond donors (Lipinski definition) is 1. The van der Waals surface area contributed by atoms with Crippen LogP contribution in [0.3, 0.4) is 0 Å². The second-order valence-electron chi connectivity index (χ2n) is 6.80. The molecule has 1 N–H and O–H groups in total. The number of nitrogens with one attached hydrogen (secondary N) is 1. The molecule has 6 heteroatoms. The van der Waals surface area contributed by atoms with Crippen LogP contribution in [-0.4, -0.2) is 50.1 Å². The van der Waals surface area contributed by atoms with Crippen LogP contribution >= 0.6 is 0 Å². The van der Waals surface area contributed by atoms with Crippen molar-refractivity contribution in [3.05, 3.63) is 23.8 Å². The first kappa shape index (κ1) is 17.6. The standard InChI is InChI=1S/C19H26N2O4/c1-24-16-10-14(11-17(12-16)25-2)19(23)21-8-6-15(7-9-21)20-18(22)13-4-3-5-13/h10-13,15H,3-9H2,1-2H3,(H,20,22). The fourth-order valence-corrected chi connectivity index (χ4v) is 3.33. The van der Waals surface area contributed by atoms with Crippen LogP contribution < -0.4 is 14.8 Å². The first-order chi connectivity index (χ1) is 12.1. The molecule has 0 radical (unpaired) electrons. The van der Waals surface area contributed by atoms with Crippen molar-refractivity contribution in [2.45, 2.75) is 38.1 Å². The minimum Gasteiger partial charge on any atom is -0.497 e. The van der Waals surface area contributed by atoms with Crippen molar-refractivity contribution in [2.24, 2.45) is 5.92 Å². The fraction of sp³-hybridized carbons (Fsp3) is 0.579. The zero-order valence-electron chi connectivity index (χ0n) is 14.9. The van der Waals surface area contributed by atoms with E-state index in [4.69, 9.17) is 9.47 Å². The molecule has 2 amide bonds. The molecule has 1 aliphatic heterocycles. The van der Waals surface area contributed by atoms with E-state index in [-0.39, 0.29) is 23.8 Å². The van der Waals surface area contributed by atoms with E-state index >= 15 is 0 Å². The number of carbonyl (C=O) groups excluding carboxylic acids is 2. The molecule has 136 valence electrons. The van der Waals surface area contributed by atoms with Crippen LogP contribution in [0.1, 0.15) is 42.5 Å². The Balaban J connectivity index is 1.57. The summed E-state index contributed by atoms with van der Waals surface area (Å²) < 4.78 is 10.5. The maximum absolute atomic E-state index is 12.8. The van der Waals surface area contributed by atoms with Crippen LogP contribution in [0.5, 0.6) is 11.5 Å². The van der Waals surface area contributed by atoms with Crippen LogP contribution in [-0.2, 0) is 4.79 Å². The molecule has 0 aromatic heterocycles. The lowest BCUT2D eigenvalue weighted by Gasteiger charge is -2.34. The van der Waals surface area contributed by atoms with Gasteiger partial charge in [0.05, 0.1) is 14.2 Å². The maximum atomic E-state index is 12.8. The largest absolute Gasteiger partial charge is 0.497 e. The number of nitrogens with zero attached hydrogens (tertiary/aromatic N) is 1. The molecular formula is C19H26N2O4. The van der Waals surface area contributed by atoms with Crippen LogP contribution in [0.4, 0.5) is 0 Å². The molecule has 1 saturated heterocycles. The molecule has 0 bridgehead atoms. The van der Waals surface area contributed by atoms with Crippen LogP contribution in [0.2, 0.25) is 0 Å². The molecule has 1 aliphatic carbocycles. The van der Waals surface area contributed by atoms with Gasteiger partial charge in [-0.25, -0.2) is 0 Å². The normalized spacial score (nSPS) is 18.4. The summed E-state index contributed by atoms with van der Waals surface area (Å²) in [5.41, 5.74) is 0.563. The lowest BCUT2D eigenvalue weighted by molar-refractivity contribution is -0.128. The first-order valence-corrected chi connectivity index (χ1v) is 8.93. The van der Waals surface area contributed by atoms with Crippen molar-refractivity contribution in [3.8, 4) is 11.5 Å². The Labute approximate surface area is 148 Å². The number of ether oxygens (including phenoxy) is 2. The van der Waals surface area contributed by atoms with Gasteiger partial charge in [0, 0.05) is 36.7 Å². The van der Waals surface area contributed by atoms with Crippen LogP contribution in [0.15, 0.2) is 18.2 Å². The number of piperidine rings is 1. The van der Waals surface area contributed by atoms with Gasteiger partial charge in [-0.05, 0) is 37.8 Å². The van der Waals surface area contributed by atoms with E-state index in [0.29, 0.717) is 30.2 Å². The van der Waals surface area contributed by atoms with Crippen LogP contribution in [0, 0.1) is 5.92 Å². The highest BCUT2D eigenvalue weighted by molar-refractivity contribution is 5.95. The Bertz CT molecular complexity index is 612. The predicted octanol–water partition coefficient (Wildman–Crippen LogP) is 2.22. The molecule has 0 atom stereocenters. The summed E-state index contributed by atoms with van der Waals surface area (Å²) in [6, 6.07) is 5.39. The van der Waals surface area contributed by atoms with Gasteiger partial charge in [-0.2, -0.15) is 0 Å². The molecular weight excluding hydrogens is 320 g/mol. The molecule has 25 heavy (non-hydrogen) atoms. The number of benzene rings is 1. The van der Waals surface area contributed by atoms with Gasteiger partial charge in [-0.15, -0.1) is 0 Å². The molecule has 1 saturated carbocycles. The molecule has 1 aromatic carbocycles. The van der Waals surface area contributed by atoms with Crippen LogP contribution in [0.25, 0.3) is 0 Å². The van der Waals surface area contributed by atoms with E-state index < -0.39 is 0 Å². The number of methoxy groups -OCH3 is 2. The lowest BCUT2D eigenvalue weighted by atomic mass is 9.84. The van der Waals surface area contributed by atoms with Gasteiger partial charge in [0.15, 0.2) is 0 Å². The number of amides is 2. The Morgan fingerprint density at radius 1 is 1.00 bits per heavy atom. The highest BCUT2D eigenvalue weighted by Gasteiger charge is 2.29. The van der Waals surface area contributed by atoms with Gasteiger partial charge in [-0.1, -0.05) is 6.42 Å². The molecule has 3 rings (SSSR count). The minimum atomic E-state index is -0.0269. The summed E-state index contributed by atoms with van der Waals surface area (Å²) in [4.78, 5) is 26.6. The molecule has 2 aliphatic rings. The summed E-state index contributed by atoms with van der Waals surface area (Å²) in [6.45, 7) is 1.29. The quantitative estimate of drug-likeness (QED) is 0.888. The second kappa shape index (κ2) is 7.76. The van der Waals surface area contributed by atoms with Gasteiger partial charge in [-0.3, -0.25) is 9.59 Å². The third kappa shape index (κ3) is 4.06. The molecule has 1 aromatic rings. The number of rotatable bonds is 5. The highest BCUT2D eigenvalue weighted by atomic mass is 16.5. The van der Waals surface area contributed by atoms with Crippen molar-refractivity contribution in [1.82, 2.24) is 10.2 Å². The molecule has 0 spiro atoms. The zero-order chi connectivity index (χ0) is 17.8. The molecule has 1 heterocycles. The number of likely N-dealkylation sites (tertiary alicyclic amines) is 1. The van der Waals surface area contributed by atoms with Crippen molar-refractivity contribution in [3.63, 3.8) is 0 Å². The van der Waals surface area contributed by atoms with Crippen molar-refractivity contribution in [2.75, 3.05) is 27.3 Å². The molecule has 6 nitrogen and oxygen atoms in total. The molecule has 2 fully saturated rings. The Kier molecular flexibility index (Phi) is 5.46. The summed E-state index contributed by atoms with van der Waals surface area (Å²) in [5, 5.41) is 3.14. The Morgan fingerprint density at radius 2 is 1.60 bits per heavy atom. The Hall–Kier alpha value is -2.24. The van der Waals surface area contributed by atoms with Crippen molar-refractivity contribution >= 4 is 11.8 Å². The average Bonchev–Trinajstić information content (AvgIpc) is 2.59. The summed E-state index contributed by atoms with van der Waals surface area (Å²) >= 11 is 0. The van der Waals surface area contributed by atoms with Crippen molar-refractivity contribution in [1.29, 1.82) is 0 Å².